The molecule has 1 fully saturated rings. The number of hydrogen-bond donors (Lipinski definition) is 1. The standard InChI is InChI=1S/C18H21N5O5/c24-17(19-16-6-11-28-20-16)13-22(10-9-21-7-1-2-8-21)18(25)14-4-3-5-15(12-14)23(26)27/h3-6,11-12H,1-2,7-10,13H2,(H,19,20,24). The van der Waals surface area contributed by atoms with Crippen LogP contribution in [0, 0.1) is 10.1 Å². The number of likely N-dealkylation sites (tertiary alicyclic amines) is 1. The van der Waals surface area contributed by atoms with Crippen LogP contribution in [0.25, 0.3) is 0 Å². The molecule has 0 radical (unpaired) electrons. The van der Waals surface area contributed by atoms with Crippen molar-refractivity contribution in [1.29, 1.82) is 0 Å². The highest BCUT2D eigenvalue weighted by atomic mass is 16.6. The number of nitro benzene ring substituents is 1. The molecule has 2 amide bonds. The summed E-state index contributed by atoms with van der Waals surface area (Å²) in [5.41, 5.74) is 0.00208. The molecule has 0 atom stereocenters. The van der Waals surface area contributed by atoms with Crippen LogP contribution in [-0.4, -0.2) is 64.4 Å². The zero-order valence-corrected chi connectivity index (χ0v) is 15.2. The number of aromatic nitrogens is 1. The monoisotopic (exact) mass is 387 g/mol. The summed E-state index contributed by atoms with van der Waals surface area (Å²) in [4.78, 5) is 39.3. The third-order valence-corrected chi connectivity index (χ3v) is 4.52. The summed E-state index contributed by atoms with van der Waals surface area (Å²) >= 11 is 0. The molecule has 3 rings (SSSR count). The van der Waals surface area contributed by atoms with Gasteiger partial charge < -0.3 is 19.6 Å². The molecule has 2 heterocycles. The third-order valence-electron chi connectivity index (χ3n) is 4.52. The summed E-state index contributed by atoms with van der Waals surface area (Å²) in [6.07, 6.45) is 3.56. The Hall–Kier alpha value is -3.27. The number of anilines is 1. The van der Waals surface area contributed by atoms with E-state index in [-0.39, 0.29) is 23.6 Å². The Morgan fingerprint density at radius 1 is 1.29 bits per heavy atom. The first kappa shape index (κ1) is 19.5. The third kappa shape index (κ3) is 5.13. The van der Waals surface area contributed by atoms with Crippen LogP contribution in [0.2, 0.25) is 0 Å². The van der Waals surface area contributed by atoms with Crippen LogP contribution in [0.15, 0.2) is 41.1 Å². The van der Waals surface area contributed by atoms with Crippen molar-refractivity contribution >= 4 is 23.3 Å². The van der Waals surface area contributed by atoms with Crippen LogP contribution < -0.4 is 5.32 Å². The highest BCUT2D eigenvalue weighted by molar-refractivity contribution is 5.99. The second-order valence-corrected chi connectivity index (χ2v) is 6.52. The van der Waals surface area contributed by atoms with Crippen molar-refractivity contribution in [2.45, 2.75) is 12.8 Å². The van der Waals surface area contributed by atoms with E-state index in [9.17, 15) is 19.7 Å². The summed E-state index contributed by atoms with van der Waals surface area (Å²) in [5.74, 6) is -0.598. The molecule has 2 aromatic rings. The van der Waals surface area contributed by atoms with Gasteiger partial charge in [0.15, 0.2) is 5.82 Å². The molecule has 1 aliphatic heterocycles. The van der Waals surface area contributed by atoms with E-state index in [1.807, 2.05) is 0 Å². The van der Waals surface area contributed by atoms with Gasteiger partial charge in [0.2, 0.25) is 5.91 Å². The molecule has 10 heteroatoms. The minimum atomic E-state index is -0.553. The Morgan fingerprint density at radius 2 is 2.07 bits per heavy atom. The number of nitrogens with one attached hydrogen (secondary N) is 1. The fraction of sp³-hybridized carbons (Fsp3) is 0.389. The number of benzene rings is 1. The van der Waals surface area contributed by atoms with Crippen LogP contribution in [0.5, 0.6) is 0 Å². The van der Waals surface area contributed by atoms with Gasteiger partial charge in [0.1, 0.15) is 12.8 Å². The van der Waals surface area contributed by atoms with E-state index >= 15 is 0 Å². The highest BCUT2D eigenvalue weighted by Gasteiger charge is 2.22. The van der Waals surface area contributed by atoms with Gasteiger partial charge >= 0.3 is 0 Å². The van der Waals surface area contributed by atoms with Crippen LogP contribution >= 0.6 is 0 Å². The lowest BCUT2D eigenvalue weighted by atomic mass is 10.1. The van der Waals surface area contributed by atoms with Crippen LogP contribution in [0.4, 0.5) is 11.5 Å². The molecular formula is C18H21N5O5. The van der Waals surface area contributed by atoms with Crippen molar-refractivity contribution in [1.82, 2.24) is 15.0 Å². The van der Waals surface area contributed by atoms with E-state index in [4.69, 9.17) is 0 Å². The topological polar surface area (TPSA) is 122 Å². The lowest BCUT2D eigenvalue weighted by Crippen LogP contribution is -2.42. The van der Waals surface area contributed by atoms with Gasteiger partial charge in [0.25, 0.3) is 11.6 Å². The molecular weight excluding hydrogens is 366 g/mol. The summed E-state index contributed by atoms with van der Waals surface area (Å²) in [6, 6.07) is 7.01. The first-order valence-corrected chi connectivity index (χ1v) is 8.99. The van der Waals surface area contributed by atoms with Crippen LogP contribution in [0.3, 0.4) is 0 Å². The zero-order chi connectivity index (χ0) is 19.9. The Bertz CT molecular complexity index is 833. The van der Waals surface area contributed by atoms with E-state index in [0.717, 1.165) is 25.9 Å². The zero-order valence-electron chi connectivity index (χ0n) is 15.2. The van der Waals surface area contributed by atoms with Crippen molar-refractivity contribution in [3.8, 4) is 0 Å². The van der Waals surface area contributed by atoms with Crippen molar-refractivity contribution in [2.75, 3.05) is 38.0 Å². The van der Waals surface area contributed by atoms with E-state index in [2.05, 4.69) is 19.9 Å². The summed E-state index contributed by atoms with van der Waals surface area (Å²) < 4.78 is 4.67. The molecule has 10 nitrogen and oxygen atoms in total. The maximum Gasteiger partial charge on any atom is 0.270 e. The lowest BCUT2D eigenvalue weighted by molar-refractivity contribution is -0.384. The van der Waals surface area contributed by atoms with Gasteiger partial charge in [-0.1, -0.05) is 11.2 Å². The number of carbonyl (C=O) groups excluding carboxylic acids is 2. The van der Waals surface area contributed by atoms with E-state index in [0.29, 0.717) is 13.1 Å². The number of rotatable bonds is 8. The Morgan fingerprint density at radius 3 is 2.75 bits per heavy atom. The van der Waals surface area contributed by atoms with Gasteiger partial charge in [0.05, 0.1) is 4.92 Å². The normalized spacial score (nSPS) is 14.0. The van der Waals surface area contributed by atoms with E-state index in [1.54, 1.807) is 0 Å². The van der Waals surface area contributed by atoms with Crippen LogP contribution in [0.1, 0.15) is 23.2 Å². The largest absolute Gasteiger partial charge is 0.363 e. The quantitative estimate of drug-likeness (QED) is 0.541. The van der Waals surface area contributed by atoms with Crippen molar-refractivity contribution in [3.05, 3.63) is 52.3 Å². The van der Waals surface area contributed by atoms with Crippen molar-refractivity contribution < 1.29 is 19.0 Å². The summed E-state index contributed by atoms with van der Waals surface area (Å²) in [5, 5.41) is 17.2. The van der Waals surface area contributed by atoms with Gasteiger partial charge in [-0.25, -0.2) is 0 Å². The number of hydrogen-bond acceptors (Lipinski definition) is 7. The van der Waals surface area contributed by atoms with Crippen molar-refractivity contribution in [3.63, 3.8) is 0 Å². The molecule has 0 saturated carbocycles. The summed E-state index contributed by atoms with van der Waals surface area (Å²) in [7, 11) is 0. The number of carbonyl (C=O) groups is 2. The second-order valence-electron chi connectivity index (χ2n) is 6.52. The van der Waals surface area contributed by atoms with Gasteiger partial charge in [-0.15, -0.1) is 0 Å². The fourth-order valence-corrected chi connectivity index (χ4v) is 3.09. The SMILES string of the molecule is O=C(CN(CCN1CCCC1)C(=O)c1cccc([N+](=O)[O-])c1)Nc1ccon1. The molecule has 1 aliphatic rings. The predicted octanol–water partition coefficient (Wildman–Crippen LogP) is 1.76. The highest BCUT2D eigenvalue weighted by Crippen LogP contribution is 2.15. The molecule has 1 N–H and O–H groups in total. The average molecular weight is 387 g/mol. The number of amides is 2. The summed E-state index contributed by atoms with van der Waals surface area (Å²) in [6.45, 7) is 2.71. The van der Waals surface area contributed by atoms with Gasteiger partial charge in [0, 0.05) is 36.9 Å². The average Bonchev–Trinajstić information content (AvgIpc) is 3.38. The number of non-ortho nitro benzene ring substituents is 1. The first-order chi connectivity index (χ1) is 13.5. The first-order valence-electron chi connectivity index (χ1n) is 8.99. The van der Waals surface area contributed by atoms with E-state index in [1.165, 1.54) is 41.5 Å². The molecule has 28 heavy (non-hydrogen) atoms. The maximum absolute atomic E-state index is 12.9. The molecule has 1 aromatic carbocycles. The maximum atomic E-state index is 12.9. The Balaban J connectivity index is 1.71. The minimum Gasteiger partial charge on any atom is -0.363 e. The number of nitrogens with zero attached hydrogens (tertiary/aromatic N) is 4. The molecule has 148 valence electrons. The smallest absolute Gasteiger partial charge is 0.270 e. The Kier molecular flexibility index (Phi) is 6.33. The van der Waals surface area contributed by atoms with Gasteiger partial charge in [-0.3, -0.25) is 19.7 Å². The minimum absolute atomic E-state index is 0.169. The van der Waals surface area contributed by atoms with Crippen molar-refractivity contribution in [2.24, 2.45) is 0 Å². The molecule has 0 spiro atoms. The molecule has 1 saturated heterocycles. The second kappa shape index (κ2) is 9.09. The number of nitro groups is 1. The molecule has 1 aromatic heterocycles. The lowest BCUT2D eigenvalue weighted by Gasteiger charge is -2.25. The fourth-order valence-electron chi connectivity index (χ4n) is 3.09. The molecule has 0 bridgehead atoms. The Labute approximate surface area is 161 Å². The molecule has 0 aliphatic carbocycles. The van der Waals surface area contributed by atoms with Gasteiger partial charge in [-0.2, -0.15) is 0 Å². The molecule has 0 unspecified atom stereocenters. The van der Waals surface area contributed by atoms with E-state index < -0.39 is 16.7 Å². The predicted molar refractivity (Wildman–Crippen MR) is 99.8 cm³/mol. The van der Waals surface area contributed by atoms with Crippen LogP contribution in [-0.2, 0) is 4.79 Å². The van der Waals surface area contributed by atoms with Gasteiger partial charge in [-0.05, 0) is 32.0 Å².